The summed E-state index contributed by atoms with van der Waals surface area (Å²) in [5.41, 5.74) is 5.41. The fraction of sp³-hybridized carbons (Fsp3) is 0.909. The highest BCUT2D eigenvalue weighted by Gasteiger charge is 2.40. The van der Waals surface area contributed by atoms with Gasteiger partial charge in [0.05, 0.1) is 0 Å². The van der Waals surface area contributed by atoms with Crippen molar-refractivity contribution in [2.45, 2.75) is 44.6 Å². The Morgan fingerprint density at radius 3 is 2.40 bits per heavy atom. The van der Waals surface area contributed by atoms with Gasteiger partial charge in [0, 0.05) is 12.5 Å². The van der Waals surface area contributed by atoms with Crippen LogP contribution in [0, 0.1) is 11.8 Å². The first-order chi connectivity index (χ1) is 7.31. The Labute approximate surface area is 90.9 Å². The van der Waals surface area contributed by atoms with Gasteiger partial charge in [-0.15, -0.1) is 0 Å². The number of nitrogens with zero attached hydrogens (tertiary/aromatic N) is 1. The minimum Gasteiger partial charge on any atom is -0.409 e. The maximum Gasteiger partial charge on any atom is 0.139 e. The number of rotatable bonds is 7. The van der Waals surface area contributed by atoms with E-state index in [1.54, 1.807) is 0 Å². The molecule has 0 unspecified atom stereocenters. The van der Waals surface area contributed by atoms with Crippen LogP contribution in [0.1, 0.15) is 38.5 Å². The van der Waals surface area contributed by atoms with Crippen LogP contribution in [-0.2, 0) is 0 Å². The van der Waals surface area contributed by atoms with Gasteiger partial charge < -0.3 is 16.3 Å². The van der Waals surface area contributed by atoms with Crippen molar-refractivity contribution in [1.29, 1.82) is 0 Å². The molecule has 0 atom stereocenters. The molecular formula is C11H21N3O. The first kappa shape index (κ1) is 10.7. The van der Waals surface area contributed by atoms with Crippen LogP contribution in [0.25, 0.3) is 0 Å². The van der Waals surface area contributed by atoms with E-state index in [2.05, 4.69) is 10.5 Å². The third-order valence-corrected chi connectivity index (χ3v) is 3.38. The SMILES string of the molecule is NC(CCCNC(C1CC1)C1CC1)=NO. The van der Waals surface area contributed by atoms with Crippen molar-refractivity contribution in [1.82, 2.24) is 5.32 Å². The average Bonchev–Trinajstić information content (AvgIpc) is 3.09. The molecule has 0 heterocycles. The maximum absolute atomic E-state index is 8.38. The molecule has 2 aliphatic carbocycles. The fourth-order valence-electron chi connectivity index (χ4n) is 2.22. The molecule has 0 spiro atoms. The number of amidine groups is 1. The Kier molecular flexibility index (Phi) is 3.46. The highest BCUT2D eigenvalue weighted by atomic mass is 16.4. The quantitative estimate of drug-likeness (QED) is 0.195. The van der Waals surface area contributed by atoms with Crippen molar-refractivity contribution in [3.8, 4) is 0 Å². The largest absolute Gasteiger partial charge is 0.409 e. The topological polar surface area (TPSA) is 70.6 Å². The molecule has 4 heteroatoms. The highest BCUT2D eigenvalue weighted by Crippen LogP contribution is 2.44. The molecule has 15 heavy (non-hydrogen) atoms. The smallest absolute Gasteiger partial charge is 0.139 e. The third-order valence-electron chi connectivity index (χ3n) is 3.38. The molecule has 0 aliphatic heterocycles. The Morgan fingerprint density at radius 2 is 1.93 bits per heavy atom. The van der Waals surface area contributed by atoms with Crippen molar-refractivity contribution in [3.63, 3.8) is 0 Å². The summed E-state index contributed by atoms with van der Waals surface area (Å²) in [6.07, 6.45) is 7.29. The van der Waals surface area contributed by atoms with E-state index in [9.17, 15) is 0 Å². The van der Waals surface area contributed by atoms with E-state index in [-0.39, 0.29) is 0 Å². The Hall–Kier alpha value is -0.770. The monoisotopic (exact) mass is 211 g/mol. The second-order valence-corrected chi connectivity index (χ2v) is 4.85. The molecule has 2 aliphatic rings. The van der Waals surface area contributed by atoms with Crippen molar-refractivity contribution in [2.24, 2.45) is 22.7 Å². The van der Waals surface area contributed by atoms with E-state index >= 15 is 0 Å². The van der Waals surface area contributed by atoms with Gasteiger partial charge in [0.1, 0.15) is 5.84 Å². The van der Waals surface area contributed by atoms with Gasteiger partial charge >= 0.3 is 0 Å². The maximum atomic E-state index is 8.38. The molecule has 0 bridgehead atoms. The van der Waals surface area contributed by atoms with Crippen LogP contribution in [0.2, 0.25) is 0 Å². The molecule has 2 saturated carbocycles. The summed E-state index contributed by atoms with van der Waals surface area (Å²) in [4.78, 5) is 0. The zero-order valence-corrected chi connectivity index (χ0v) is 9.15. The van der Waals surface area contributed by atoms with Crippen LogP contribution in [0.3, 0.4) is 0 Å². The average molecular weight is 211 g/mol. The van der Waals surface area contributed by atoms with Gasteiger partial charge in [0.25, 0.3) is 0 Å². The Bertz CT molecular complexity index is 222. The van der Waals surface area contributed by atoms with E-state index in [1.165, 1.54) is 25.7 Å². The summed E-state index contributed by atoms with van der Waals surface area (Å²) in [7, 11) is 0. The molecular weight excluding hydrogens is 190 g/mol. The van der Waals surface area contributed by atoms with Crippen molar-refractivity contribution in [2.75, 3.05) is 6.54 Å². The molecule has 86 valence electrons. The van der Waals surface area contributed by atoms with E-state index in [1.807, 2.05) is 0 Å². The Morgan fingerprint density at radius 1 is 1.33 bits per heavy atom. The third kappa shape index (κ3) is 3.38. The van der Waals surface area contributed by atoms with E-state index in [0.29, 0.717) is 12.3 Å². The minimum absolute atomic E-state index is 0.339. The van der Waals surface area contributed by atoms with Crippen molar-refractivity contribution < 1.29 is 5.21 Å². The zero-order chi connectivity index (χ0) is 10.7. The lowest BCUT2D eigenvalue weighted by atomic mass is 10.1. The molecule has 0 aromatic rings. The first-order valence-corrected chi connectivity index (χ1v) is 6.01. The molecule has 4 N–H and O–H groups in total. The van der Waals surface area contributed by atoms with Gasteiger partial charge in [-0.1, -0.05) is 5.16 Å². The summed E-state index contributed by atoms with van der Waals surface area (Å²) >= 11 is 0. The van der Waals surface area contributed by atoms with E-state index in [4.69, 9.17) is 10.9 Å². The predicted molar refractivity (Wildman–Crippen MR) is 59.9 cm³/mol. The van der Waals surface area contributed by atoms with Gasteiger partial charge in [0.15, 0.2) is 0 Å². The molecule has 0 saturated heterocycles. The van der Waals surface area contributed by atoms with Crippen LogP contribution in [0.15, 0.2) is 5.16 Å². The van der Waals surface area contributed by atoms with Gasteiger partial charge in [-0.2, -0.15) is 0 Å². The molecule has 0 aromatic heterocycles. The molecule has 0 amide bonds. The van der Waals surface area contributed by atoms with Crippen LogP contribution >= 0.6 is 0 Å². The summed E-state index contributed by atoms with van der Waals surface area (Å²) in [6.45, 7) is 0.994. The van der Waals surface area contributed by atoms with Crippen LogP contribution < -0.4 is 11.1 Å². The van der Waals surface area contributed by atoms with E-state index in [0.717, 1.165) is 30.8 Å². The number of oxime groups is 1. The van der Waals surface area contributed by atoms with Gasteiger partial charge in [-0.05, 0) is 50.5 Å². The Balaban J connectivity index is 1.59. The molecule has 2 rings (SSSR count). The standard InChI is InChI=1S/C11H21N3O/c12-10(14-15)2-1-7-13-11(8-3-4-8)9-5-6-9/h8-9,11,13,15H,1-7H2,(H2,12,14). The van der Waals surface area contributed by atoms with Crippen molar-refractivity contribution >= 4 is 5.84 Å². The normalized spacial score (nSPS) is 22.3. The fourth-order valence-corrected chi connectivity index (χ4v) is 2.22. The lowest BCUT2D eigenvalue weighted by Gasteiger charge is -2.17. The minimum atomic E-state index is 0.339. The number of hydrogen-bond donors (Lipinski definition) is 3. The molecule has 4 nitrogen and oxygen atoms in total. The van der Waals surface area contributed by atoms with Crippen LogP contribution in [0.5, 0.6) is 0 Å². The van der Waals surface area contributed by atoms with Crippen molar-refractivity contribution in [3.05, 3.63) is 0 Å². The number of hydrogen-bond acceptors (Lipinski definition) is 3. The van der Waals surface area contributed by atoms with Gasteiger partial charge in [0.2, 0.25) is 0 Å². The lowest BCUT2D eigenvalue weighted by Crippen LogP contribution is -2.34. The molecule has 2 fully saturated rings. The summed E-state index contributed by atoms with van der Waals surface area (Å²) in [5.74, 6) is 2.23. The highest BCUT2D eigenvalue weighted by molar-refractivity contribution is 5.79. The first-order valence-electron chi connectivity index (χ1n) is 6.01. The zero-order valence-electron chi connectivity index (χ0n) is 9.15. The van der Waals surface area contributed by atoms with Crippen LogP contribution in [-0.4, -0.2) is 23.6 Å². The summed E-state index contributed by atoms with van der Waals surface area (Å²) in [5, 5.41) is 15.0. The van der Waals surface area contributed by atoms with Gasteiger partial charge in [-0.25, -0.2) is 0 Å². The second-order valence-electron chi connectivity index (χ2n) is 4.85. The molecule has 0 radical (unpaired) electrons. The van der Waals surface area contributed by atoms with E-state index < -0.39 is 0 Å². The van der Waals surface area contributed by atoms with Crippen LogP contribution in [0.4, 0.5) is 0 Å². The predicted octanol–water partition coefficient (Wildman–Crippen LogP) is 1.29. The second kappa shape index (κ2) is 4.84. The number of nitrogens with two attached hydrogens (primary N) is 1. The summed E-state index contributed by atoms with van der Waals surface area (Å²) < 4.78 is 0. The van der Waals surface area contributed by atoms with Gasteiger partial charge in [-0.3, -0.25) is 0 Å². The number of nitrogens with one attached hydrogen (secondary N) is 1. The molecule has 0 aromatic carbocycles. The lowest BCUT2D eigenvalue weighted by molar-refractivity contribution is 0.316. The summed E-state index contributed by atoms with van der Waals surface area (Å²) in [6, 6.07) is 0.761.